The molecule has 1 aromatic heterocycles. The Morgan fingerprint density at radius 2 is 2.35 bits per heavy atom. The van der Waals surface area contributed by atoms with Crippen LogP contribution in [-0.2, 0) is 10.0 Å². The largest absolute Gasteiger partial charge is 0.252 e. The van der Waals surface area contributed by atoms with Crippen LogP contribution in [0.15, 0.2) is 16.3 Å². The summed E-state index contributed by atoms with van der Waals surface area (Å²) in [5, 5.41) is 8.71. The van der Waals surface area contributed by atoms with Crippen molar-refractivity contribution in [2.75, 3.05) is 13.1 Å². The second kappa shape index (κ2) is 4.77. The van der Waals surface area contributed by atoms with Crippen LogP contribution in [0.3, 0.4) is 0 Å². The Bertz CT molecular complexity index is 542. The Balaban J connectivity index is 2.23. The molecule has 2 heterocycles. The highest BCUT2D eigenvalue weighted by Crippen LogP contribution is 2.29. The predicted molar refractivity (Wildman–Crippen MR) is 66.2 cm³/mol. The van der Waals surface area contributed by atoms with E-state index in [0.717, 1.165) is 24.2 Å². The number of hydrogen-bond acceptors (Lipinski definition) is 4. The van der Waals surface area contributed by atoms with Crippen LogP contribution < -0.4 is 0 Å². The second-order valence-electron chi connectivity index (χ2n) is 4.16. The highest BCUT2D eigenvalue weighted by Gasteiger charge is 2.32. The third kappa shape index (κ3) is 2.37. The molecule has 2 rings (SSSR count). The van der Waals surface area contributed by atoms with Gasteiger partial charge in [-0.1, -0.05) is 13.3 Å². The number of nitriles is 1. The highest BCUT2D eigenvalue weighted by molar-refractivity contribution is 7.91. The SMILES string of the molecule is CCC1CCN(S(=O)(=O)c2ccc(C#N)s2)C1. The molecular formula is C11H14N2O2S2. The first kappa shape index (κ1) is 12.6. The minimum Gasteiger partial charge on any atom is -0.206 e. The van der Waals surface area contributed by atoms with Crippen LogP contribution in [0.5, 0.6) is 0 Å². The average molecular weight is 270 g/mol. The van der Waals surface area contributed by atoms with Crippen molar-refractivity contribution in [1.82, 2.24) is 4.31 Å². The summed E-state index contributed by atoms with van der Waals surface area (Å²) in [6.45, 7) is 3.29. The van der Waals surface area contributed by atoms with Crippen LogP contribution in [0.25, 0.3) is 0 Å². The van der Waals surface area contributed by atoms with E-state index < -0.39 is 10.0 Å². The first-order chi connectivity index (χ1) is 8.07. The van der Waals surface area contributed by atoms with E-state index in [1.165, 1.54) is 10.4 Å². The van der Waals surface area contributed by atoms with E-state index in [1.54, 1.807) is 6.07 Å². The van der Waals surface area contributed by atoms with Crippen molar-refractivity contribution in [2.24, 2.45) is 5.92 Å². The molecule has 17 heavy (non-hydrogen) atoms. The summed E-state index contributed by atoms with van der Waals surface area (Å²) in [5.41, 5.74) is 0. The van der Waals surface area contributed by atoms with Crippen LogP contribution >= 0.6 is 11.3 Å². The van der Waals surface area contributed by atoms with Gasteiger partial charge < -0.3 is 0 Å². The van der Waals surface area contributed by atoms with Gasteiger partial charge in [-0.15, -0.1) is 11.3 Å². The fraction of sp³-hybridized carbons (Fsp3) is 0.545. The number of thiophene rings is 1. The molecule has 1 saturated heterocycles. The predicted octanol–water partition coefficient (Wildman–Crippen LogP) is 2.04. The van der Waals surface area contributed by atoms with Crippen LogP contribution in [-0.4, -0.2) is 25.8 Å². The van der Waals surface area contributed by atoms with Crippen LogP contribution in [0, 0.1) is 17.2 Å². The summed E-state index contributed by atoms with van der Waals surface area (Å²) in [7, 11) is -3.37. The fourth-order valence-corrected chi connectivity index (χ4v) is 4.78. The van der Waals surface area contributed by atoms with Crippen LogP contribution in [0.4, 0.5) is 0 Å². The minimum atomic E-state index is -3.37. The van der Waals surface area contributed by atoms with Gasteiger partial charge >= 0.3 is 0 Å². The van der Waals surface area contributed by atoms with Gasteiger partial charge in [0.25, 0.3) is 10.0 Å². The van der Waals surface area contributed by atoms with E-state index in [4.69, 9.17) is 5.26 Å². The monoisotopic (exact) mass is 270 g/mol. The molecule has 0 bridgehead atoms. The van der Waals surface area contributed by atoms with Gasteiger partial charge in [-0.25, -0.2) is 8.42 Å². The van der Waals surface area contributed by atoms with E-state index in [0.29, 0.717) is 23.9 Å². The average Bonchev–Trinajstić information content (AvgIpc) is 2.98. The molecule has 6 heteroatoms. The summed E-state index contributed by atoms with van der Waals surface area (Å²) in [5.74, 6) is 0.472. The zero-order valence-electron chi connectivity index (χ0n) is 9.59. The van der Waals surface area contributed by atoms with E-state index in [-0.39, 0.29) is 4.21 Å². The first-order valence-corrected chi connectivity index (χ1v) is 7.83. The summed E-state index contributed by atoms with van der Waals surface area (Å²) < 4.78 is 26.3. The molecule has 92 valence electrons. The maximum atomic E-state index is 12.3. The summed E-state index contributed by atoms with van der Waals surface area (Å²) in [4.78, 5) is 0.440. The molecule has 1 unspecified atom stereocenters. The van der Waals surface area contributed by atoms with E-state index in [1.807, 2.05) is 6.07 Å². The number of sulfonamides is 1. The standard InChI is InChI=1S/C11H14N2O2S2/c1-2-9-5-6-13(8-9)17(14,15)11-4-3-10(7-12)16-11/h3-4,9H,2,5-6,8H2,1H3. The van der Waals surface area contributed by atoms with Crippen molar-refractivity contribution in [3.8, 4) is 6.07 Å². The Kier molecular flexibility index (Phi) is 3.52. The molecular weight excluding hydrogens is 256 g/mol. The van der Waals surface area contributed by atoms with Gasteiger partial charge in [0.05, 0.1) is 0 Å². The van der Waals surface area contributed by atoms with E-state index >= 15 is 0 Å². The van der Waals surface area contributed by atoms with Gasteiger partial charge in [0.15, 0.2) is 0 Å². The topological polar surface area (TPSA) is 61.2 Å². The Morgan fingerprint density at radius 3 is 2.88 bits per heavy atom. The van der Waals surface area contributed by atoms with Gasteiger partial charge in [0.2, 0.25) is 0 Å². The molecule has 1 atom stereocenters. The third-order valence-electron chi connectivity index (χ3n) is 3.11. The lowest BCUT2D eigenvalue weighted by Crippen LogP contribution is -2.28. The molecule has 1 aromatic rings. The molecule has 0 aliphatic carbocycles. The van der Waals surface area contributed by atoms with E-state index in [2.05, 4.69) is 6.92 Å². The molecule has 4 nitrogen and oxygen atoms in total. The molecule has 1 aliphatic rings. The number of nitrogens with zero attached hydrogens (tertiary/aromatic N) is 2. The molecule has 0 aromatic carbocycles. The normalized spacial score (nSPS) is 21.5. The molecule has 0 N–H and O–H groups in total. The van der Waals surface area contributed by atoms with Crippen molar-refractivity contribution in [1.29, 1.82) is 5.26 Å². The van der Waals surface area contributed by atoms with Gasteiger partial charge in [0.1, 0.15) is 15.2 Å². The minimum absolute atomic E-state index is 0.283. The second-order valence-corrected chi connectivity index (χ2v) is 7.41. The lowest BCUT2D eigenvalue weighted by atomic mass is 10.1. The quantitative estimate of drug-likeness (QED) is 0.844. The van der Waals surface area contributed by atoms with Crippen molar-refractivity contribution < 1.29 is 8.42 Å². The number of hydrogen-bond donors (Lipinski definition) is 0. The maximum absolute atomic E-state index is 12.3. The summed E-state index contributed by atoms with van der Waals surface area (Å²) >= 11 is 1.04. The third-order valence-corrected chi connectivity index (χ3v) is 6.43. The van der Waals surface area contributed by atoms with Crippen molar-refractivity contribution in [2.45, 2.75) is 24.0 Å². The molecule has 1 aliphatic heterocycles. The zero-order valence-corrected chi connectivity index (χ0v) is 11.2. The molecule has 0 radical (unpaired) electrons. The first-order valence-electron chi connectivity index (χ1n) is 5.58. The lowest BCUT2D eigenvalue weighted by molar-refractivity contribution is 0.454. The van der Waals surface area contributed by atoms with E-state index in [9.17, 15) is 8.42 Å². The Labute approximate surface area is 106 Å². The molecule has 0 saturated carbocycles. The van der Waals surface area contributed by atoms with Crippen molar-refractivity contribution >= 4 is 21.4 Å². The summed E-state index contributed by atoms with van der Waals surface area (Å²) in [6, 6.07) is 5.05. The number of rotatable bonds is 3. The molecule has 0 amide bonds. The molecule has 0 spiro atoms. The van der Waals surface area contributed by atoms with Gasteiger partial charge in [-0.2, -0.15) is 9.57 Å². The maximum Gasteiger partial charge on any atom is 0.252 e. The smallest absolute Gasteiger partial charge is 0.206 e. The summed E-state index contributed by atoms with van der Waals surface area (Å²) in [6.07, 6.45) is 1.95. The van der Waals surface area contributed by atoms with Crippen LogP contribution in [0.2, 0.25) is 0 Å². The zero-order chi connectivity index (χ0) is 12.5. The Hall–Kier alpha value is -0.900. The Morgan fingerprint density at radius 1 is 1.59 bits per heavy atom. The van der Waals surface area contributed by atoms with Crippen LogP contribution in [0.1, 0.15) is 24.6 Å². The molecule has 1 fully saturated rings. The van der Waals surface area contributed by atoms with Crippen molar-refractivity contribution in [3.05, 3.63) is 17.0 Å². The van der Waals surface area contributed by atoms with Crippen molar-refractivity contribution in [3.63, 3.8) is 0 Å². The lowest BCUT2D eigenvalue weighted by Gasteiger charge is -2.14. The van der Waals surface area contributed by atoms with Gasteiger partial charge in [0, 0.05) is 13.1 Å². The van der Waals surface area contributed by atoms with Gasteiger partial charge in [-0.05, 0) is 24.5 Å². The fourth-order valence-electron chi connectivity index (χ4n) is 1.99. The van der Waals surface area contributed by atoms with Gasteiger partial charge in [-0.3, -0.25) is 0 Å². The highest BCUT2D eigenvalue weighted by atomic mass is 32.2.